The largest absolute Gasteiger partial charge is 0.319 e. The van der Waals surface area contributed by atoms with Crippen molar-refractivity contribution in [3.05, 3.63) is 20.5 Å². The van der Waals surface area contributed by atoms with Gasteiger partial charge in [-0.05, 0) is 19.5 Å². The monoisotopic (exact) mass is 327 g/mol. The van der Waals surface area contributed by atoms with Gasteiger partial charge in [-0.25, -0.2) is 13.1 Å². The lowest BCUT2D eigenvalue weighted by Gasteiger charge is -2.11. The summed E-state index contributed by atoms with van der Waals surface area (Å²) in [6, 6.07) is 0.970. The number of hydrogen-bond donors (Lipinski definition) is 2. The number of nitrogens with one attached hydrogen (secondary N) is 2. The van der Waals surface area contributed by atoms with Gasteiger partial charge in [0.15, 0.2) is 4.34 Å². The molecule has 0 fully saturated rings. The summed E-state index contributed by atoms with van der Waals surface area (Å²) in [5.41, 5.74) is -0.393. The molecule has 108 valence electrons. The van der Waals surface area contributed by atoms with Crippen LogP contribution < -0.4 is 10.0 Å². The maximum atomic E-state index is 11.9. The molecule has 19 heavy (non-hydrogen) atoms. The van der Waals surface area contributed by atoms with Crippen LogP contribution in [-0.2, 0) is 10.0 Å². The lowest BCUT2D eigenvalue weighted by molar-refractivity contribution is -0.384. The van der Waals surface area contributed by atoms with Gasteiger partial charge in [0.05, 0.1) is 4.92 Å². The lowest BCUT2D eigenvalue weighted by atomic mass is 10.2. The van der Waals surface area contributed by atoms with E-state index in [2.05, 4.69) is 10.0 Å². The molecule has 0 aliphatic heterocycles. The van der Waals surface area contributed by atoms with E-state index in [-0.39, 0.29) is 21.0 Å². The Bertz CT molecular complexity index is 558. The number of sulfonamides is 1. The van der Waals surface area contributed by atoms with Gasteiger partial charge in [-0.2, -0.15) is 0 Å². The first kappa shape index (κ1) is 16.3. The van der Waals surface area contributed by atoms with Crippen LogP contribution in [0.15, 0.2) is 10.3 Å². The minimum atomic E-state index is -3.76. The lowest BCUT2D eigenvalue weighted by Crippen LogP contribution is -2.31. The highest BCUT2D eigenvalue weighted by Crippen LogP contribution is 2.36. The van der Waals surface area contributed by atoms with E-state index in [4.69, 9.17) is 11.6 Å². The Labute approximate surface area is 120 Å². The number of hydrogen-bond acceptors (Lipinski definition) is 6. The first-order valence-corrected chi connectivity index (χ1v) is 8.03. The predicted molar refractivity (Wildman–Crippen MR) is 74.3 cm³/mol. The maximum Gasteiger partial charge on any atom is 0.300 e. The van der Waals surface area contributed by atoms with Crippen LogP contribution in [0.5, 0.6) is 0 Å². The van der Waals surface area contributed by atoms with Gasteiger partial charge in [0.1, 0.15) is 4.21 Å². The normalized spacial score (nSPS) is 13.4. The molecular weight excluding hydrogens is 314 g/mol. The molecule has 1 rings (SSSR count). The number of nitrogens with zero attached hydrogens (tertiary/aromatic N) is 1. The number of nitro groups is 1. The molecule has 1 aromatic heterocycles. The average molecular weight is 328 g/mol. The van der Waals surface area contributed by atoms with Crippen molar-refractivity contribution < 1.29 is 13.3 Å². The Morgan fingerprint density at radius 3 is 2.63 bits per heavy atom. The van der Waals surface area contributed by atoms with Gasteiger partial charge in [-0.1, -0.05) is 18.5 Å². The second-order valence-corrected chi connectivity index (χ2v) is 7.64. The molecular formula is C9H14ClN3O4S2. The molecule has 1 unspecified atom stereocenters. The average Bonchev–Trinajstić information content (AvgIpc) is 2.70. The molecule has 0 spiro atoms. The zero-order chi connectivity index (χ0) is 14.6. The van der Waals surface area contributed by atoms with E-state index in [0.717, 1.165) is 6.07 Å². The van der Waals surface area contributed by atoms with Crippen LogP contribution in [0.1, 0.15) is 6.92 Å². The molecule has 2 N–H and O–H groups in total. The fourth-order valence-corrected chi connectivity index (χ4v) is 4.21. The Balaban J connectivity index is 2.83. The van der Waals surface area contributed by atoms with Crippen LogP contribution >= 0.6 is 22.9 Å². The van der Waals surface area contributed by atoms with Gasteiger partial charge in [-0.3, -0.25) is 10.1 Å². The molecule has 1 heterocycles. The summed E-state index contributed by atoms with van der Waals surface area (Å²) in [5.74, 6) is 0.102. The van der Waals surface area contributed by atoms with Crippen LogP contribution in [-0.4, -0.2) is 33.5 Å². The van der Waals surface area contributed by atoms with E-state index in [1.54, 1.807) is 7.05 Å². The van der Waals surface area contributed by atoms with Crippen molar-refractivity contribution in [2.45, 2.75) is 11.1 Å². The Kier molecular flexibility index (Phi) is 5.68. The molecule has 0 aromatic carbocycles. The third kappa shape index (κ3) is 4.39. The van der Waals surface area contributed by atoms with Crippen molar-refractivity contribution >= 4 is 38.6 Å². The first-order valence-electron chi connectivity index (χ1n) is 5.36. The third-order valence-corrected chi connectivity index (χ3v) is 5.52. The van der Waals surface area contributed by atoms with Crippen LogP contribution in [0.3, 0.4) is 0 Å². The van der Waals surface area contributed by atoms with Gasteiger partial charge in [0.2, 0.25) is 10.0 Å². The fourth-order valence-electron chi connectivity index (χ4n) is 1.34. The Morgan fingerprint density at radius 1 is 1.53 bits per heavy atom. The quantitative estimate of drug-likeness (QED) is 0.583. The van der Waals surface area contributed by atoms with Crippen LogP contribution in [0.25, 0.3) is 0 Å². The zero-order valence-electron chi connectivity index (χ0n) is 10.3. The van der Waals surface area contributed by atoms with E-state index in [0.29, 0.717) is 17.9 Å². The Morgan fingerprint density at radius 2 is 2.16 bits per heavy atom. The molecule has 0 radical (unpaired) electrons. The smallest absolute Gasteiger partial charge is 0.300 e. The highest BCUT2D eigenvalue weighted by molar-refractivity contribution is 7.91. The second kappa shape index (κ2) is 6.62. The molecule has 1 aromatic rings. The Hall–Kier alpha value is -0.740. The van der Waals surface area contributed by atoms with E-state index >= 15 is 0 Å². The molecule has 0 saturated carbocycles. The van der Waals surface area contributed by atoms with Gasteiger partial charge in [0.25, 0.3) is 5.69 Å². The van der Waals surface area contributed by atoms with Gasteiger partial charge >= 0.3 is 0 Å². The third-order valence-electron chi connectivity index (χ3n) is 2.28. The summed E-state index contributed by atoms with van der Waals surface area (Å²) in [6.45, 7) is 2.78. The number of thiophene rings is 1. The van der Waals surface area contributed by atoms with Crippen molar-refractivity contribution in [1.29, 1.82) is 0 Å². The maximum absolute atomic E-state index is 11.9. The van der Waals surface area contributed by atoms with Crippen molar-refractivity contribution in [2.24, 2.45) is 5.92 Å². The van der Waals surface area contributed by atoms with Gasteiger partial charge in [-0.15, -0.1) is 11.3 Å². The first-order chi connectivity index (χ1) is 8.77. The molecule has 10 heteroatoms. The minimum absolute atomic E-state index is 0.102. The molecule has 7 nitrogen and oxygen atoms in total. The number of halogens is 1. The van der Waals surface area contributed by atoms with E-state index < -0.39 is 20.6 Å². The van der Waals surface area contributed by atoms with Crippen LogP contribution in [0.2, 0.25) is 4.34 Å². The summed E-state index contributed by atoms with van der Waals surface area (Å²) in [6.07, 6.45) is 0. The standard InChI is InChI=1S/C9H14ClN3O4S2/c1-6(4-11-2)5-12-19(16,17)8-3-7(13(14)15)9(10)18-8/h3,6,11-12H,4-5H2,1-2H3. The van der Waals surface area contributed by atoms with Crippen LogP contribution in [0.4, 0.5) is 5.69 Å². The fraction of sp³-hybridized carbons (Fsp3) is 0.556. The molecule has 0 amide bonds. The van der Waals surface area contributed by atoms with Crippen molar-refractivity contribution in [1.82, 2.24) is 10.0 Å². The van der Waals surface area contributed by atoms with Crippen LogP contribution in [0, 0.1) is 16.0 Å². The van der Waals surface area contributed by atoms with E-state index in [1.165, 1.54) is 0 Å². The molecule has 1 atom stereocenters. The van der Waals surface area contributed by atoms with E-state index in [1.807, 2.05) is 6.92 Å². The summed E-state index contributed by atoms with van der Waals surface area (Å²) >= 11 is 6.31. The van der Waals surface area contributed by atoms with Crippen molar-refractivity contribution in [3.8, 4) is 0 Å². The highest BCUT2D eigenvalue weighted by atomic mass is 35.5. The van der Waals surface area contributed by atoms with Gasteiger partial charge in [0, 0.05) is 12.6 Å². The van der Waals surface area contributed by atoms with E-state index in [9.17, 15) is 18.5 Å². The number of rotatable bonds is 7. The zero-order valence-corrected chi connectivity index (χ0v) is 12.7. The SMILES string of the molecule is CNCC(C)CNS(=O)(=O)c1cc([N+](=O)[O-])c(Cl)s1. The molecule has 0 aliphatic carbocycles. The predicted octanol–water partition coefficient (Wildman–Crippen LogP) is 1.44. The minimum Gasteiger partial charge on any atom is -0.319 e. The molecule has 0 bridgehead atoms. The second-order valence-electron chi connectivity index (χ2n) is 4.00. The summed E-state index contributed by atoms with van der Waals surface area (Å²) in [4.78, 5) is 9.91. The topological polar surface area (TPSA) is 101 Å². The summed E-state index contributed by atoms with van der Waals surface area (Å²) in [7, 11) is -1.99. The van der Waals surface area contributed by atoms with Crippen molar-refractivity contribution in [3.63, 3.8) is 0 Å². The summed E-state index contributed by atoms with van der Waals surface area (Å²) < 4.78 is 26.0. The molecule has 0 aliphatic rings. The molecule has 0 saturated heterocycles. The summed E-state index contributed by atoms with van der Waals surface area (Å²) in [5, 5.41) is 13.5. The van der Waals surface area contributed by atoms with Crippen molar-refractivity contribution in [2.75, 3.05) is 20.1 Å². The van der Waals surface area contributed by atoms with Gasteiger partial charge < -0.3 is 5.32 Å². The highest BCUT2D eigenvalue weighted by Gasteiger charge is 2.25.